The van der Waals surface area contributed by atoms with Crippen molar-refractivity contribution in [3.63, 3.8) is 0 Å². The van der Waals surface area contributed by atoms with Gasteiger partial charge in [0.25, 0.3) is 0 Å². The summed E-state index contributed by atoms with van der Waals surface area (Å²) in [5, 5.41) is 30.3. The second-order valence-electron chi connectivity index (χ2n) is 2.28. The van der Waals surface area contributed by atoms with Gasteiger partial charge in [0, 0.05) is 0 Å². The van der Waals surface area contributed by atoms with Gasteiger partial charge in [-0.3, -0.25) is 8.62 Å². The minimum absolute atomic E-state index is 0. The molecule has 23 heavy (non-hydrogen) atoms. The molecule has 0 amide bonds. The summed E-state index contributed by atoms with van der Waals surface area (Å²) in [6, 6.07) is 0. The van der Waals surface area contributed by atoms with E-state index in [1.165, 1.54) is 0 Å². The van der Waals surface area contributed by atoms with Crippen LogP contribution in [0.15, 0.2) is 0 Å². The van der Waals surface area contributed by atoms with E-state index < -0.39 is 31.3 Å². The number of hydrogen-bond donors (Lipinski definition) is 4. The van der Waals surface area contributed by atoms with Crippen molar-refractivity contribution in [1.29, 1.82) is 0 Å². The molecule has 0 aliphatic carbocycles. The third kappa shape index (κ3) is 16.3. The van der Waals surface area contributed by atoms with Gasteiger partial charge in [-0.1, -0.05) is 0 Å². The maximum absolute atomic E-state index is 10.2. The summed E-state index contributed by atoms with van der Waals surface area (Å²) in [6.07, 6.45) is 0. The Balaban J connectivity index is -0.000000333. The molecule has 0 spiro atoms. The van der Waals surface area contributed by atoms with Gasteiger partial charge in [0.1, 0.15) is 0 Å². The van der Waals surface area contributed by atoms with E-state index >= 15 is 0 Å². The first-order chi connectivity index (χ1) is 9.66. The van der Waals surface area contributed by atoms with Crippen LogP contribution in [-0.4, -0.2) is 21.0 Å². The van der Waals surface area contributed by atoms with Gasteiger partial charge in [-0.05, 0) is 0 Å². The Morgan fingerprint density at radius 3 is 0.783 bits per heavy atom. The van der Waals surface area contributed by atoms with E-state index in [9.17, 15) is 37.8 Å². The van der Waals surface area contributed by atoms with E-state index in [0.717, 1.165) is 0 Å². The second kappa shape index (κ2) is 11.6. The predicted molar refractivity (Wildman–Crippen MR) is 47.5 cm³/mol. The van der Waals surface area contributed by atoms with Crippen LogP contribution in [-0.2, 0) is 66.6 Å². The third-order valence-electron chi connectivity index (χ3n) is 0.800. The van der Waals surface area contributed by atoms with Crippen molar-refractivity contribution in [2.45, 2.75) is 0 Å². The zero-order valence-corrected chi connectivity index (χ0v) is 15.5. The molecule has 0 atom stereocenters. The first-order valence-electron chi connectivity index (χ1n) is 3.65. The van der Waals surface area contributed by atoms with Crippen molar-refractivity contribution in [3.05, 3.63) is 0 Å². The molecule has 0 aromatic rings. The van der Waals surface area contributed by atoms with E-state index in [1.54, 1.807) is 0 Å². The molecule has 142 valence electrons. The Hall–Kier alpha value is 1.05. The van der Waals surface area contributed by atoms with Crippen LogP contribution in [0.3, 0.4) is 0 Å². The zero-order valence-electron chi connectivity index (χ0n) is 9.61. The number of rotatable bonds is 8. The van der Waals surface area contributed by atoms with Gasteiger partial charge < -0.3 is 28.7 Å². The van der Waals surface area contributed by atoms with Crippen molar-refractivity contribution in [3.8, 4) is 0 Å². The van der Waals surface area contributed by atoms with E-state index in [-0.39, 0.29) is 21.1 Å². The van der Waals surface area contributed by atoms with Crippen molar-refractivity contribution >= 4 is 31.3 Å². The fourth-order valence-electron chi connectivity index (χ4n) is 0.334. The van der Waals surface area contributed by atoms with Crippen LogP contribution >= 0.6 is 31.3 Å². The molecular weight excluding hydrogens is 607 g/mol. The standard InChI is InChI=1S/2H4O9P2.Pt/c2*1-7-11(6,8-2)9-10(3,4)5;/h2*1-2H,(H2,3,4,5);/q;;+4/p-4. The molecule has 0 aliphatic rings. The first kappa shape index (κ1) is 28.8. The maximum Gasteiger partial charge on any atom is 4.00 e. The van der Waals surface area contributed by atoms with E-state index in [4.69, 9.17) is 21.0 Å². The summed E-state index contributed by atoms with van der Waals surface area (Å²) in [7, 11) is -21.5. The van der Waals surface area contributed by atoms with Gasteiger partial charge in [0.05, 0.1) is 15.6 Å². The molecule has 0 saturated carbocycles. The van der Waals surface area contributed by atoms with E-state index in [0.29, 0.717) is 0 Å². The zero-order chi connectivity index (χ0) is 18.2. The molecule has 0 aliphatic heterocycles. The normalized spacial score (nSPS) is 12.9. The van der Waals surface area contributed by atoms with Crippen LogP contribution in [0.25, 0.3) is 0 Å². The number of hydrogen-bond acceptors (Lipinski definition) is 18. The first-order valence-corrected chi connectivity index (χ1v) is 9.49. The largest absolute Gasteiger partial charge is 4.00 e. The van der Waals surface area contributed by atoms with Crippen LogP contribution in [0.2, 0.25) is 0 Å². The maximum atomic E-state index is 10.2. The Bertz CT molecular complexity index is 431. The third-order valence-corrected chi connectivity index (χ3v) is 4.80. The molecule has 23 heteroatoms. The molecule has 0 unspecified atom stereocenters. The van der Waals surface area contributed by atoms with Gasteiger partial charge in [0.15, 0.2) is 0 Å². The summed E-state index contributed by atoms with van der Waals surface area (Å²) in [5.41, 5.74) is 0. The molecule has 18 nitrogen and oxygen atoms in total. The van der Waals surface area contributed by atoms with Crippen molar-refractivity contribution < 1.29 is 107 Å². The molecule has 0 bridgehead atoms. The van der Waals surface area contributed by atoms with Gasteiger partial charge in [-0.15, -0.1) is 18.7 Å². The van der Waals surface area contributed by atoms with Crippen LogP contribution in [0.4, 0.5) is 0 Å². The van der Waals surface area contributed by atoms with Crippen molar-refractivity contribution in [2.24, 2.45) is 0 Å². The average Bonchev–Trinajstić information content (AvgIpc) is 2.35. The van der Waals surface area contributed by atoms with Gasteiger partial charge in [-0.2, -0.15) is 0 Å². The summed E-state index contributed by atoms with van der Waals surface area (Å²) in [6.45, 7) is 0. The predicted octanol–water partition coefficient (Wildman–Crippen LogP) is -2.16. The smallest absolute Gasteiger partial charge is 0.789 e. The number of phosphoric acid groups is 4. The molecule has 0 heterocycles. The summed E-state index contributed by atoms with van der Waals surface area (Å²) < 4.78 is 56.7. The van der Waals surface area contributed by atoms with Crippen molar-refractivity contribution in [2.75, 3.05) is 0 Å². The van der Waals surface area contributed by atoms with Gasteiger partial charge in [-0.25, -0.2) is 30.2 Å². The molecule has 0 rings (SSSR count). The van der Waals surface area contributed by atoms with Gasteiger partial charge >= 0.3 is 36.7 Å². The molecule has 0 aromatic heterocycles. The Labute approximate surface area is 139 Å². The van der Waals surface area contributed by atoms with Crippen LogP contribution in [0, 0.1) is 0 Å². The molecule has 0 saturated heterocycles. The topological polar surface area (TPSA) is 297 Å². The van der Waals surface area contributed by atoms with E-state index in [1.807, 2.05) is 0 Å². The van der Waals surface area contributed by atoms with Gasteiger partial charge in [0.2, 0.25) is 0 Å². The fourth-order valence-corrected chi connectivity index (χ4v) is 2.83. The Kier molecular flexibility index (Phi) is 14.6. The summed E-state index contributed by atoms with van der Waals surface area (Å²) >= 11 is 0. The van der Waals surface area contributed by atoms with Crippen LogP contribution in [0.5, 0.6) is 0 Å². The molecule has 0 aromatic carbocycles. The Morgan fingerprint density at radius 1 is 0.565 bits per heavy atom. The average molecular weight is 611 g/mol. The minimum atomic E-state index is -5.65. The summed E-state index contributed by atoms with van der Waals surface area (Å²) in [5.74, 6) is 0. The SMILES string of the molecule is O=P([O-])([O-])OP(=O)(OO)OO.O=P([O-])([O-])OP(=O)(OO)OO.[Pt+4]. The quantitative estimate of drug-likeness (QED) is 0.129. The van der Waals surface area contributed by atoms with Crippen molar-refractivity contribution in [1.82, 2.24) is 0 Å². The minimum Gasteiger partial charge on any atom is -0.789 e. The fraction of sp³-hybridized carbons (Fsp3) is 0. The Morgan fingerprint density at radius 2 is 0.739 bits per heavy atom. The van der Waals surface area contributed by atoms with Crippen LogP contribution in [0.1, 0.15) is 0 Å². The molecular formula is H4O18P4Pt. The monoisotopic (exact) mass is 611 g/mol. The van der Waals surface area contributed by atoms with E-state index in [2.05, 4.69) is 27.3 Å². The van der Waals surface area contributed by atoms with Crippen LogP contribution < -0.4 is 19.6 Å². The molecule has 4 N–H and O–H groups in total. The summed E-state index contributed by atoms with van der Waals surface area (Å²) in [4.78, 5) is 38.6. The second-order valence-corrected chi connectivity index (χ2v) is 7.82. The molecule has 0 radical (unpaired) electrons. The molecule has 0 fully saturated rings.